The third kappa shape index (κ3) is 5.78. The molecule has 2 aliphatic carbocycles. The second-order valence-corrected chi connectivity index (χ2v) is 13.7. The molecule has 0 atom stereocenters. The van der Waals surface area contributed by atoms with E-state index in [1.165, 1.54) is 6.07 Å². The summed E-state index contributed by atoms with van der Waals surface area (Å²) < 4.78 is 50.2. The van der Waals surface area contributed by atoms with Crippen molar-refractivity contribution in [2.45, 2.75) is 51.7 Å². The predicted molar refractivity (Wildman–Crippen MR) is 156 cm³/mol. The molecule has 0 fully saturated rings. The monoisotopic (exact) mass is 581 g/mol. The van der Waals surface area contributed by atoms with Crippen LogP contribution in [0.1, 0.15) is 46.3 Å². The van der Waals surface area contributed by atoms with Gasteiger partial charge >= 0.3 is 0 Å². The molecular weight excluding hydrogens is 554 g/mol. The first-order chi connectivity index (χ1) is 19.7. The minimum absolute atomic E-state index is 0.106. The van der Waals surface area contributed by atoms with Crippen LogP contribution in [0.3, 0.4) is 0 Å². The van der Waals surface area contributed by atoms with Gasteiger partial charge in [0.2, 0.25) is 19.7 Å². The van der Waals surface area contributed by atoms with Gasteiger partial charge in [0.1, 0.15) is 0 Å². The van der Waals surface area contributed by atoms with E-state index in [2.05, 4.69) is 6.07 Å². The van der Waals surface area contributed by atoms with Gasteiger partial charge in [-0.05, 0) is 97.0 Å². The third-order valence-electron chi connectivity index (χ3n) is 7.20. The minimum Gasteiger partial charge on any atom is -0.294 e. The summed E-state index contributed by atoms with van der Waals surface area (Å²) in [5.41, 5.74) is 3.91. The van der Waals surface area contributed by atoms with Crippen LogP contribution < -0.4 is 0 Å². The Labute approximate surface area is 240 Å². The van der Waals surface area contributed by atoms with Crippen molar-refractivity contribution in [3.8, 4) is 6.07 Å². The maximum absolute atomic E-state index is 12.6. The fraction of sp³-hybridized carbons (Fsp3) is 0.152. The number of fused-ring (bicyclic) bond motifs is 2. The number of nitrogens with zero attached hydrogens (tertiary/aromatic N) is 1. The lowest BCUT2D eigenvalue weighted by atomic mass is 9.91. The Kier molecular flexibility index (Phi) is 8.02. The summed E-state index contributed by atoms with van der Waals surface area (Å²) in [7, 11) is -7.00. The van der Waals surface area contributed by atoms with Crippen LogP contribution >= 0.6 is 0 Å². The van der Waals surface area contributed by atoms with E-state index in [-0.39, 0.29) is 25.4 Å². The predicted octanol–water partition coefficient (Wildman–Crippen LogP) is 6.41. The fourth-order valence-corrected chi connectivity index (χ4v) is 7.72. The molecule has 4 aromatic rings. The molecule has 0 radical (unpaired) electrons. The van der Waals surface area contributed by atoms with Crippen LogP contribution in [0, 0.1) is 11.3 Å². The van der Waals surface area contributed by atoms with E-state index in [0.717, 1.165) is 42.4 Å². The van der Waals surface area contributed by atoms with Gasteiger partial charge in [0.15, 0.2) is 5.78 Å². The van der Waals surface area contributed by atoms with E-state index in [9.17, 15) is 21.6 Å². The number of ketones is 1. The molecule has 6 rings (SSSR count). The van der Waals surface area contributed by atoms with Crippen molar-refractivity contribution < 1.29 is 21.6 Å². The largest absolute Gasteiger partial charge is 0.294 e. The van der Waals surface area contributed by atoms with Crippen LogP contribution in [-0.2, 0) is 32.5 Å². The molecule has 0 unspecified atom stereocenters. The number of sulfone groups is 2. The molecule has 0 N–H and O–H groups in total. The molecule has 8 heteroatoms. The zero-order valence-electron chi connectivity index (χ0n) is 22.2. The van der Waals surface area contributed by atoms with Gasteiger partial charge in [-0.15, -0.1) is 0 Å². The van der Waals surface area contributed by atoms with Crippen LogP contribution in [0.15, 0.2) is 123 Å². The summed E-state index contributed by atoms with van der Waals surface area (Å²) in [6.45, 7) is 0. The molecule has 41 heavy (non-hydrogen) atoms. The summed E-state index contributed by atoms with van der Waals surface area (Å²) in [6, 6.07) is 28.7. The number of benzene rings is 4. The van der Waals surface area contributed by atoms with Gasteiger partial charge < -0.3 is 0 Å². The standard InChI is InChI=1S/C17H13NO2S.C16H14O3S/c18-12-14-6-4-5-13-11-16(9-10-17(13)14)21(19,20)15-7-2-1-3-8-15;17-16-8-4-5-12-11-14(9-10-15(12)16)20(18,19)13-6-2-1-3-7-13/h1-3,6-11H,4-5H2;1-3,6-7,9-11H,4-5,8H2. The highest BCUT2D eigenvalue weighted by atomic mass is 32.2. The van der Waals surface area contributed by atoms with Crippen molar-refractivity contribution in [2.75, 3.05) is 0 Å². The van der Waals surface area contributed by atoms with Crippen molar-refractivity contribution in [3.63, 3.8) is 0 Å². The Balaban J connectivity index is 0.000000165. The highest BCUT2D eigenvalue weighted by Gasteiger charge is 2.23. The maximum Gasteiger partial charge on any atom is 0.206 e. The zero-order chi connectivity index (χ0) is 29.0. The molecule has 206 valence electrons. The van der Waals surface area contributed by atoms with Gasteiger partial charge in [-0.1, -0.05) is 48.5 Å². The number of hydrogen-bond donors (Lipinski definition) is 0. The molecule has 0 spiro atoms. The Bertz CT molecular complexity index is 1910. The number of allylic oxidation sites excluding steroid dienone is 2. The third-order valence-corrected chi connectivity index (χ3v) is 10.7. The van der Waals surface area contributed by atoms with E-state index in [1.807, 2.05) is 6.08 Å². The number of carbonyl (C=O) groups excluding carboxylic acids is 1. The fourth-order valence-electron chi connectivity index (χ4n) is 5.06. The average Bonchev–Trinajstić information content (AvgIpc) is 3.01. The summed E-state index contributed by atoms with van der Waals surface area (Å²) in [4.78, 5) is 12.9. The Morgan fingerprint density at radius 3 is 1.63 bits per heavy atom. The molecule has 0 bridgehead atoms. The molecule has 0 aromatic heterocycles. The lowest BCUT2D eigenvalue weighted by molar-refractivity contribution is 0.0972. The van der Waals surface area contributed by atoms with Gasteiger partial charge in [-0.25, -0.2) is 16.8 Å². The molecule has 0 aliphatic heterocycles. The molecule has 0 saturated carbocycles. The van der Waals surface area contributed by atoms with Crippen LogP contribution in [0.4, 0.5) is 0 Å². The van der Waals surface area contributed by atoms with E-state index >= 15 is 0 Å². The highest BCUT2D eigenvalue weighted by Crippen LogP contribution is 2.30. The Morgan fingerprint density at radius 1 is 0.585 bits per heavy atom. The summed E-state index contributed by atoms with van der Waals surface area (Å²) >= 11 is 0. The van der Waals surface area contributed by atoms with Crippen LogP contribution in [0.2, 0.25) is 0 Å². The van der Waals surface area contributed by atoms with Crippen molar-refractivity contribution in [1.82, 2.24) is 0 Å². The summed E-state index contributed by atoms with van der Waals surface area (Å²) in [5.74, 6) is 0.106. The smallest absolute Gasteiger partial charge is 0.206 e. The van der Waals surface area contributed by atoms with Gasteiger partial charge in [0.05, 0.1) is 31.2 Å². The molecule has 2 aliphatic rings. The summed E-state index contributed by atoms with van der Waals surface area (Å²) in [6.07, 6.45) is 5.54. The van der Waals surface area contributed by atoms with Crippen LogP contribution in [-0.4, -0.2) is 22.6 Å². The van der Waals surface area contributed by atoms with Crippen molar-refractivity contribution in [3.05, 3.63) is 125 Å². The van der Waals surface area contributed by atoms with E-state index < -0.39 is 19.7 Å². The number of aryl methyl sites for hydroxylation is 2. The van der Waals surface area contributed by atoms with Crippen LogP contribution in [0.5, 0.6) is 0 Å². The first-order valence-electron chi connectivity index (χ1n) is 13.2. The Hall–Kier alpha value is -4.32. The topological polar surface area (TPSA) is 109 Å². The van der Waals surface area contributed by atoms with Crippen LogP contribution in [0.25, 0.3) is 5.57 Å². The molecule has 0 heterocycles. The molecule has 6 nitrogen and oxygen atoms in total. The minimum atomic E-state index is -3.50. The number of rotatable bonds is 4. The van der Waals surface area contributed by atoms with E-state index in [0.29, 0.717) is 17.6 Å². The highest BCUT2D eigenvalue weighted by molar-refractivity contribution is 7.91. The first-order valence-corrected chi connectivity index (χ1v) is 16.2. The number of nitriles is 1. The number of hydrogen-bond acceptors (Lipinski definition) is 6. The van der Waals surface area contributed by atoms with E-state index in [4.69, 9.17) is 5.26 Å². The quantitative estimate of drug-likeness (QED) is 0.275. The normalized spacial score (nSPS) is 14.4. The number of carbonyl (C=O) groups is 1. The van der Waals surface area contributed by atoms with Crippen molar-refractivity contribution in [2.24, 2.45) is 0 Å². The summed E-state index contributed by atoms with van der Waals surface area (Å²) in [5, 5.41) is 9.11. The second-order valence-electron chi connectivity index (χ2n) is 9.82. The van der Waals surface area contributed by atoms with Gasteiger partial charge in [-0.2, -0.15) is 5.26 Å². The molecule has 0 saturated heterocycles. The molecular formula is C33H27NO5S2. The van der Waals surface area contributed by atoms with Gasteiger partial charge in [-0.3, -0.25) is 4.79 Å². The lowest BCUT2D eigenvalue weighted by Gasteiger charge is -2.15. The number of Topliss-reactive ketones (excluding diaryl/α,β-unsaturated/α-hetero) is 1. The van der Waals surface area contributed by atoms with Crippen molar-refractivity contribution >= 4 is 31.0 Å². The van der Waals surface area contributed by atoms with Gasteiger partial charge in [0, 0.05) is 12.0 Å². The zero-order valence-corrected chi connectivity index (χ0v) is 23.8. The lowest BCUT2D eigenvalue weighted by Crippen LogP contribution is -2.12. The molecule has 4 aromatic carbocycles. The maximum atomic E-state index is 12.6. The van der Waals surface area contributed by atoms with E-state index in [1.54, 1.807) is 91.0 Å². The van der Waals surface area contributed by atoms with Gasteiger partial charge in [0.25, 0.3) is 0 Å². The van der Waals surface area contributed by atoms with Crippen molar-refractivity contribution in [1.29, 1.82) is 5.26 Å². The second kappa shape index (κ2) is 11.7. The first kappa shape index (κ1) is 28.2. The Morgan fingerprint density at radius 2 is 1.10 bits per heavy atom. The average molecular weight is 582 g/mol. The SMILES string of the molecule is N#CC1=CCCc2cc(S(=O)(=O)c3ccccc3)ccc21.O=C1CCCc2cc(S(=O)(=O)c3ccccc3)ccc21. The molecule has 0 amide bonds.